The van der Waals surface area contributed by atoms with Crippen LogP contribution < -0.4 is 10.2 Å². The summed E-state index contributed by atoms with van der Waals surface area (Å²) in [6.45, 7) is 9.22. The second kappa shape index (κ2) is 7.09. The molecule has 0 amide bonds. The fourth-order valence-electron chi connectivity index (χ4n) is 2.90. The molecule has 0 atom stereocenters. The molecule has 2 heterocycles. The molecule has 5 nitrogen and oxygen atoms in total. The summed E-state index contributed by atoms with van der Waals surface area (Å²) in [5, 5.41) is 8.05. The van der Waals surface area contributed by atoms with Gasteiger partial charge in [0, 0.05) is 45.9 Å². The lowest BCUT2D eigenvalue weighted by Gasteiger charge is -2.32. The minimum atomic E-state index is 0.746. The Morgan fingerprint density at radius 3 is 2.70 bits per heavy atom. The standard InChI is InChI=1S/C15H28N4O/c1-12-5-8-19(9-6-12)15-14(11-16-7-10-20-4)13(2)17-18(15)3/h12,16H,5-11H2,1-4H3. The van der Waals surface area contributed by atoms with Gasteiger partial charge in [-0.1, -0.05) is 6.92 Å². The van der Waals surface area contributed by atoms with E-state index in [0.29, 0.717) is 0 Å². The van der Waals surface area contributed by atoms with Crippen molar-refractivity contribution in [2.45, 2.75) is 33.2 Å². The molecule has 1 fully saturated rings. The predicted octanol–water partition coefficient (Wildman–Crippen LogP) is 1.70. The summed E-state index contributed by atoms with van der Waals surface area (Å²) >= 11 is 0. The summed E-state index contributed by atoms with van der Waals surface area (Å²) < 4.78 is 7.12. The SMILES string of the molecule is COCCNCc1c(C)nn(C)c1N1CCC(C)CC1. The van der Waals surface area contributed by atoms with Gasteiger partial charge in [-0.15, -0.1) is 0 Å². The van der Waals surface area contributed by atoms with Crippen molar-refractivity contribution in [3.8, 4) is 0 Å². The van der Waals surface area contributed by atoms with Gasteiger partial charge >= 0.3 is 0 Å². The molecule has 1 aliphatic heterocycles. The van der Waals surface area contributed by atoms with E-state index in [1.165, 1.54) is 24.2 Å². The average molecular weight is 280 g/mol. The fourth-order valence-corrected chi connectivity index (χ4v) is 2.90. The summed E-state index contributed by atoms with van der Waals surface area (Å²) in [6, 6.07) is 0. The molecule has 114 valence electrons. The van der Waals surface area contributed by atoms with Gasteiger partial charge in [-0.25, -0.2) is 0 Å². The Balaban J connectivity index is 2.06. The zero-order chi connectivity index (χ0) is 14.5. The molecule has 1 saturated heterocycles. The van der Waals surface area contributed by atoms with Crippen LogP contribution >= 0.6 is 0 Å². The van der Waals surface area contributed by atoms with Crippen molar-refractivity contribution in [1.29, 1.82) is 0 Å². The van der Waals surface area contributed by atoms with Crippen LogP contribution in [0.2, 0.25) is 0 Å². The van der Waals surface area contributed by atoms with Gasteiger partial charge in [0.05, 0.1) is 12.3 Å². The number of rotatable bonds is 6. The van der Waals surface area contributed by atoms with Crippen molar-refractivity contribution >= 4 is 5.82 Å². The first-order valence-corrected chi connectivity index (χ1v) is 7.60. The maximum absolute atomic E-state index is 5.08. The molecule has 0 unspecified atom stereocenters. The summed E-state index contributed by atoms with van der Waals surface area (Å²) in [7, 11) is 3.79. The smallest absolute Gasteiger partial charge is 0.131 e. The number of ether oxygens (including phenoxy) is 1. The highest BCUT2D eigenvalue weighted by molar-refractivity contribution is 5.50. The van der Waals surface area contributed by atoms with Crippen LogP contribution in [0.25, 0.3) is 0 Å². The van der Waals surface area contributed by atoms with Gasteiger partial charge in [0.25, 0.3) is 0 Å². The molecule has 20 heavy (non-hydrogen) atoms. The second-order valence-corrected chi connectivity index (χ2v) is 5.85. The molecule has 1 aromatic heterocycles. The quantitative estimate of drug-likeness (QED) is 0.806. The highest BCUT2D eigenvalue weighted by atomic mass is 16.5. The molecular weight excluding hydrogens is 252 g/mol. The van der Waals surface area contributed by atoms with E-state index < -0.39 is 0 Å². The van der Waals surface area contributed by atoms with Crippen molar-refractivity contribution in [3.63, 3.8) is 0 Å². The first-order chi connectivity index (χ1) is 9.63. The summed E-state index contributed by atoms with van der Waals surface area (Å²) in [4.78, 5) is 2.49. The largest absolute Gasteiger partial charge is 0.383 e. The molecule has 1 aromatic rings. The molecule has 0 aromatic carbocycles. The lowest BCUT2D eigenvalue weighted by Crippen LogP contribution is -2.35. The lowest BCUT2D eigenvalue weighted by atomic mass is 9.99. The monoisotopic (exact) mass is 280 g/mol. The maximum atomic E-state index is 5.08. The number of nitrogens with zero attached hydrogens (tertiary/aromatic N) is 3. The normalized spacial score (nSPS) is 16.9. The van der Waals surface area contributed by atoms with Crippen LogP contribution in [0, 0.1) is 12.8 Å². The van der Waals surface area contributed by atoms with E-state index in [9.17, 15) is 0 Å². The third kappa shape index (κ3) is 3.52. The van der Waals surface area contributed by atoms with E-state index >= 15 is 0 Å². The van der Waals surface area contributed by atoms with Crippen molar-refractivity contribution in [2.75, 3.05) is 38.3 Å². The van der Waals surface area contributed by atoms with E-state index in [1.807, 2.05) is 4.68 Å². The molecule has 0 spiro atoms. The number of hydrogen-bond acceptors (Lipinski definition) is 4. The van der Waals surface area contributed by atoms with Gasteiger partial charge in [-0.3, -0.25) is 4.68 Å². The number of hydrogen-bond donors (Lipinski definition) is 1. The first kappa shape index (κ1) is 15.3. The van der Waals surface area contributed by atoms with Crippen molar-refractivity contribution in [1.82, 2.24) is 15.1 Å². The van der Waals surface area contributed by atoms with Gasteiger partial charge in [-0.05, 0) is 25.7 Å². The van der Waals surface area contributed by atoms with E-state index in [4.69, 9.17) is 4.74 Å². The molecule has 0 aliphatic carbocycles. The van der Waals surface area contributed by atoms with Crippen molar-refractivity contribution in [3.05, 3.63) is 11.3 Å². The lowest BCUT2D eigenvalue weighted by molar-refractivity contribution is 0.199. The second-order valence-electron chi connectivity index (χ2n) is 5.85. The minimum absolute atomic E-state index is 0.746. The number of nitrogens with one attached hydrogen (secondary N) is 1. The van der Waals surface area contributed by atoms with E-state index in [-0.39, 0.29) is 0 Å². The van der Waals surface area contributed by atoms with E-state index in [2.05, 4.69) is 36.2 Å². The number of aromatic nitrogens is 2. The van der Waals surface area contributed by atoms with Crippen LogP contribution in [0.15, 0.2) is 0 Å². The Labute approximate surface area is 122 Å². The van der Waals surface area contributed by atoms with Gasteiger partial charge in [0.15, 0.2) is 0 Å². The van der Waals surface area contributed by atoms with Crippen molar-refractivity contribution < 1.29 is 4.74 Å². The number of aryl methyl sites for hydroxylation is 2. The topological polar surface area (TPSA) is 42.3 Å². The van der Waals surface area contributed by atoms with Crippen molar-refractivity contribution in [2.24, 2.45) is 13.0 Å². The third-order valence-corrected chi connectivity index (χ3v) is 4.18. The van der Waals surface area contributed by atoms with Crippen LogP contribution in [-0.2, 0) is 18.3 Å². The summed E-state index contributed by atoms with van der Waals surface area (Å²) in [6.07, 6.45) is 2.56. The van der Waals surface area contributed by atoms with Crippen LogP contribution in [0.4, 0.5) is 5.82 Å². The van der Waals surface area contributed by atoms with Gasteiger partial charge in [0.2, 0.25) is 0 Å². The van der Waals surface area contributed by atoms with Crippen LogP contribution in [-0.4, -0.2) is 43.1 Å². The van der Waals surface area contributed by atoms with E-state index in [0.717, 1.165) is 44.4 Å². The zero-order valence-corrected chi connectivity index (χ0v) is 13.3. The zero-order valence-electron chi connectivity index (χ0n) is 13.3. The molecular formula is C15H28N4O. The Bertz CT molecular complexity index is 422. The molecule has 0 radical (unpaired) electrons. The fraction of sp³-hybridized carbons (Fsp3) is 0.800. The summed E-state index contributed by atoms with van der Waals surface area (Å²) in [5.74, 6) is 2.14. The molecule has 2 rings (SSSR count). The average Bonchev–Trinajstić information content (AvgIpc) is 2.70. The van der Waals surface area contributed by atoms with Crippen LogP contribution in [0.5, 0.6) is 0 Å². The highest BCUT2D eigenvalue weighted by Crippen LogP contribution is 2.27. The maximum Gasteiger partial charge on any atom is 0.131 e. The summed E-state index contributed by atoms with van der Waals surface area (Å²) in [5.41, 5.74) is 2.46. The molecule has 1 aliphatic rings. The number of anilines is 1. The molecule has 0 bridgehead atoms. The Morgan fingerprint density at radius 1 is 1.35 bits per heavy atom. The molecule has 5 heteroatoms. The number of piperidine rings is 1. The van der Waals surface area contributed by atoms with Gasteiger partial charge in [-0.2, -0.15) is 5.10 Å². The van der Waals surface area contributed by atoms with Gasteiger partial charge < -0.3 is 15.0 Å². The first-order valence-electron chi connectivity index (χ1n) is 7.60. The Morgan fingerprint density at radius 2 is 2.05 bits per heavy atom. The van der Waals surface area contributed by atoms with Crippen LogP contribution in [0.1, 0.15) is 31.0 Å². The highest BCUT2D eigenvalue weighted by Gasteiger charge is 2.22. The third-order valence-electron chi connectivity index (χ3n) is 4.18. The van der Waals surface area contributed by atoms with Crippen LogP contribution in [0.3, 0.4) is 0 Å². The van der Waals surface area contributed by atoms with E-state index in [1.54, 1.807) is 7.11 Å². The number of methoxy groups -OCH3 is 1. The predicted molar refractivity (Wildman–Crippen MR) is 82.1 cm³/mol. The Kier molecular flexibility index (Phi) is 5.43. The molecule has 1 N–H and O–H groups in total. The molecule has 0 saturated carbocycles. The van der Waals surface area contributed by atoms with Gasteiger partial charge in [0.1, 0.15) is 5.82 Å². The minimum Gasteiger partial charge on any atom is -0.383 e. The Hall–Kier alpha value is -1.07.